The van der Waals surface area contributed by atoms with Crippen LogP contribution in [0.3, 0.4) is 0 Å². The Morgan fingerprint density at radius 2 is 2.25 bits per heavy atom. The van der Waals surface area contributed by atoms with Gasteiger partial charge >= 0.3 is 5.97 Å². The lowest BCUT2D eigenvalue weighted by Gasteiger charge is -2.17. The molecule has 4 nitrogen and oxygen atoms in total. The summed E-state index contributed by atoms with van der Waals surface area (Å²) in [4.78, 5) is 23.0. The topological polar surface area (TPSA) is 55.4 Å². The predicted molar refractivity (Wildman–Crippen MR) is 76.8 cm³/mol. The number of hydrogen-bond acceptors (Lipinski definition) is 3. The number of allylic oxidation sites excluding steroid dienone is 1. The smallest absolute Gasteiger partial charge is 0.307 e. The third kappa shape index (κ3) is 5.52. The van der Waals surface area contributed by atoms with Crippen LogP contribution in [-0.4, -0.2) is 25.7 Å². The zero-order chi connectivity index (χ0) is 15.0. The van der Waals surface area contributed by atoms with E-state index in [0.29, 0.717) is 0 Å². The fourth-order valence-corrected chi connectivity index (χ4v) is 2.01. The minimum atomic E-state index is -0.716. The van der Waals surface area contributed by atoms with Crippen LogP contribution in [0, 0.1) is 0 Å². The Labute approximate surface area is 125 Å². The summed E-state index contributed by atoms with van der Waals surface area (Å²) in [5.41, 5.74) is 0.756. The summed E-state index contributed by atoms with van der Waals surface area (Å²) in [7, 11) is 1.28. The van der Waals surface area contributed by atoms with E-state index in [4.69, 9.17) is 0 Å². The van der Waals surface area contributed by atoms with Gasteiger partial charge in [0, 0.05) is 10.5 Å². The van der Waals surface area contributed by atoms with Gasteiger partial charge in [0.15, 0.2) is 0 Å². The molecule has 1 rings (SSSR count). The Morgan fingerprint density at radius 1 is 1.50 bits per heavy atom. The lowest BCUT2D eigenvalue weighted by molar-refractivity contribution is -0.141. The molecule has 0 heterocycles. The third-order valence-electron chi connectivity index (χ3n) is 2.52. The van der Waals surface area contributed by atoms with Gasteiger partial charge in [0.2, 0.25) is 5.91 Å². The Kier molecular flexibility index (Phi) is 6.93. The molecule has 6 heteroatoms. The van der Waals surface area contributed by atoms with E-state index in [9.17, 15) is 14.0 Å². The molecule has 0 saturated carbocycles. The van der Waals surface area contributed by atoms with Crippen LogP contribution in [0.2, 0.25) is 0 Å². The van der Waals surface area contributed by atoms with Crippen molar-refractivity contribution in [3.8, 4) is 0 Å². The quantitative estimate of drug-likeness (QED) is 0.638. The lowest BCUT2D eigenvalue weighted by Crippen LogP contribution is -2.29. The average molecular weight is 344 g/mol. The van der Waals surface area contributed by atoms with E-state index in [2.05, 4.69) is 26.0 Å². The van der Waals surface area contributed by atoms with Crippen LogP contribution in [0.25, 0.3) is 0 Å². The van der Waals surface area contributed by atoms with E-state index in [1.807, 2.05) is 6.07 Å². The zero-order valence-electron chi connectivity index (χ0n) is 10.9. The van der Waals surface area contributed by atoms with Gasteiger partial charge in [-0.1, -0.05) is 28.1 Å². The summed E-state index contributed by atoms with van der Waals surface area (Å²) in [6.07, 6.45) is 2.20. The summed E-state index contributed by atoms with van der Waals surface area (Å²) in [6.45, 7) is -0.716. The number of halogens is 2. The van der Waals surface area contributed by atoms with Gasteiger partial charge in [0.05, 0.1) is 19.6 Å². The molecule has 0 aliphatic rings. The fraction of sp³-hybridized carbons (Fsp3) is 0.286. The second-order valence-corrected chi connectivity index (χ2v) is 4.87. The second kappa shape index (κ2) is 8.47. The van der Waals surface area contributed by atoms with Gasteiger partial charge in [-0.2, -0.15) is 0 Å². The summed E-state index contributed by atoms with van der Waals surface area (Å²) in [5.74, 6) is -0.902. The average Bonchev–Trinajstić information content (AvgIpc) is 2.44. The van der Waals surface area contributed by atoms with Crippen LogP contribution in [-0.2, 0) is 14.3 Å². The minimum Gasteiger partial charge on any atom is -0.469 e. The van der Waals surface area contributed by atoms with Crippen molar-refractivity contribution < 1.29 is 18.7 Å². The number of carbonyl (C=O) groups excluding carboxylic acids is 2. The van der Waals surface area contributed by atoms with Crippen LogP contribution in [0.5, 0.6) is 0 Å². The maximum atomic E-state index is 12.0. The Balaban J connectivity index is 2.87. The van der Waals surface area contributed by atoms with Gasteiger partial charge in [0.1, 0.15) is 6.67 Å². The molecule has 0 aliphatic heterocycles. The molecule has 0 fully saturated rings. The monoisotopic (exact) mass is 343 g/mol. The van der Waals surface area contributed by atoms with E-state index in [-0.39, 0.29) is 6.42 Å². The lowest BCUT2D eigenvalue weighted by atomic mass is 10.0. The van der Waals surface area contributed by atoms with Crippen LogP contribution < -0.4 is 5.32 Å². The van der Waals surface area contributed by atoms with E-state index >= 15 is 0 Å². The fourth-order valence-electron chi connectivity index (χ4n) is 1.60. The van der Waals surface area contributed by atoms with Gasteiger partial charge in [-0.05, 0) is 23.8 Å². The molecule has 0 aromatic heterocycles. The molecular formula is C14H15BrFNO3. The number of nitrogens with one attached hydrogen (secondary N) is 1. The van der Waals surface area contributed by atoms with Crippen molar-refractivity contribution >= 4 is 27.8 Å². The first kappa shape index (κ1) is 16.4. The highest BCUT2D eigenvalue weighted by molar-refractivity contribution is 9.10. The Morgan fingerprint density at radius 3 is 2.85 bits per heavy atom. The first-order valence-corrected chi connectivity index (χ1v) is 6.71. The van der Waals surface area contributed by atoms with Crippen LogP contribution in [0.4, 0.5) is 4.39 Å². The third-order valence-corrected chi connectivity index (χ3v) is 3.02. The van der Waals surface area contributed by atoms with Crippen molar-refractivity contribution in [1.82, 2.24) is 5.32 Å². The number of benzene rings is 1. The molecule has 1 N–H and O–H groups in total. The zero-order valence-corrected chi connectivity index (χ0v) is 12.5. The normalized spacial score (nSPS) is 12.2. The first-order chi connectivity index (χ1) is 9.56. The van der Waals surface area contributed by atoms with Gasteiger partial charge in [0.25, 0.3) is 0 Å². The molecule has 0 bridgehead atoms. The molecular weight excluding hydrogens is 329 g/mol. The van der Waals surface area contributed by atoms with Crippen LogP contribution in [0.15, 0.2) is 40.9 Å². The summed E-state index contributed by atoms with van der Waals surface area (Å²) >= 11 is 3.33. The molecule has 1 aromatic rings. The Hall–Kier alpha value is -1.69. The van der Waals surface area contributed by atoms with Gasteiger partial charge < -0.3 is 10.1 Å². The molecule has 1 aromatic carbocycles. The number of rotatable bonds is 6. The van der Waals surface area contributed by atoms with Crippen LogP contribution >= 0.6 is 15.9 Å². The van der Waals surface area contributed by atoms with Crippen molar-refractivity contribution in [1.29, 1.82) is 0 Å². The number of amides is 1. The largest absolute Gasteiger partial charge is 0.469 e. The maximum absolute atomic E-state index is 12.0. The van der Waals surface area contributed by atoms with E-state index in [1.165, 1.54) is 7.11 Å². The number of alkyl halides is 1. The van der Waals surface area contributed by atoms with Crippen molar-refractivity contribution in [3.05, 3.63) is 46.5 Å². The first-order valence-electron chi connectivity index (χ1n) is 5.92. The molecule has 0 saturated heterocycles. The van der Waals surface area contributed by atoms with E-state index < -0.39 is 24.6 Å². The molecule has 0 unspecified atom stereocenters. The highest BCUT2D eigenvalue weighted by Crippen LogP contribution is 2.21. The van der Waals surface area contributed by atoms with E-state index in [0.717, 1.165) is 22.2 Å². The van der Waals surface area contributed by atoms with Crippen molar-refractivity contribution in [2.24, 2.45) is 0 Å². The predicted octanol–water partition coefficient (Wildman–Crippen LogP) is 2.70. The van der Waals surface area contributed by atoms with Crippen LogP contribution in [0.1, 0.15) is 18.0 Å². The van der Waals surface area contributed by atoms with E-state index in [1.54, 1.807) is 18.2 Å². The molecule has 1 atom stereocenters. The maximum Gasteiger partial charge on any atom is 0.307 e. The van der Waals surface area contributed by atoms with Gasteiger partial charge in [-0.3, -0.25) is 9.59 Å². The molecule has 0 spiro atoms. The number of methoxy groups -OCH3 is 1. The number of carbonyl (C=O) groups is 2. The van der Waals surface area contributed by atoms with Gasteiger partial charge in [-0.25, -0.2) is 4.39 Å². The van der Waals surface area contributed by atoms with Crippen molar-refractivity contribution in [3.63, 3.8) is 0 Å². The number of esters is 1. The van der Waals surface area contributed by atoms with Crippen molar-refractivity contribution in [2.45, 2.75) is 12.5 Å². The standard InChI is InChI=1S/C14H15BrFNO3/c1-20-14(19)9-12(17-13(18)6-3-7-16)10-4-2-5-11(15)8-10/h2-6,8,12H,7,9H2,1H3,(H,17,18)/b6-3+/t12-/m1/s1. The highest BCUT2D eigenvalue weighted by Gasteiger charge is 2.18. The number of ether oxygens (including phenoxy) is 1. The highest BCUT2D eigenvalue weighted by atomic mass is 79.9. The molecule has 0 radical (unpaired) electrons. The molecule has 20 heavy (non-hydrogen) atoms. The molecule has 1 amide bonds. The van der Waals surface area contributed by atoms with Crippen molar-refractivity contribution in [2.75, 3.05) is 13.8 Å². The summed E-state index contributed by atoms with van der Waals surface area (Å²) < 4.78 is 17.4. The summed E-state index contributed by atoms with van der Waals surface area (Å²) in [5, 5.41) is 2.65. The molecule has 108 valence electrons. The molecule has 0 aliphatic carbocycles. The Bertz CT molecular complexity index is 505. The summed E-state index contributed by atoms with van der Waals surface area (Å²) in [6, 6.07) is 6.69. The number of hydrogen-bond donors (Lipinski definition) is 1. The second-order valence-electron chi connectivity index (χ2n) is 3.95. The minimum absolute atomic E-state index is 0.00214. The SMILES string of the molecule is COC(=O)C[C@@H](NC(=O)/C=C/CF)c1cccc(Br)c1. The van der Waals surface area contributed by atoms with Gasteiger partial charge in [-0.15, -0.1) is 0 Å².